The molecule has 0 amide bonds. The lowest BCUT2D eigenvalue weighted by molar-refractivity contribution is 0.951. The molecular weight excluding hydrogens is 589 g/mol. The summed E-state index contributed by atoms with van der Waals surface area (Å²) in [5.41, 5.74) is 10.4. The van der Waals surface area contributed by atoms with Crippen molar-refractivity contribution in [2.24, 2.45) is 0 Å². The number of hydrogen-bond acceptors (Lipinski definition) is 4. The Kier molecular flexibility index (Phi) is 6.47. The van der Waals surface area contributed by atoms with E-state index in [4.69, 9.17) is 19.9 Å². The number of rotatable bonds is 5. The molecule has 0 aliphatic rings. The van der Waals surface area contributed by atoms with Crippen molar-refractivity contribution in [1.82, 2.24) is 29.1 Å². The van der Waals surface area contributed by atoms with Crippen LogP contribution in [0.3, 0.4) is 0 Å². The maximum Gasteiger partial charge on any atom is 0.238 e. The fourth-order valence-corrected chi connectivity index (χ4v) is 6.84. The Morgan fingerprint density at radius 2 is 1.06 bits per heavy atom. The molecule has 6 nitrogen and oxygen atoms in total. The van der Waals surface area contributed by atoms with Crippen molar-refractivity contribution in [2.45, 2.75) is 13.8 Å². The number of aromatic nitrogens is 6. The molecule has 9 aromatic rings. The molecule has 0 fully saturated rings. The highest BCUT2D eigenvalue weighted by Crippen LogP contribution is 2.36. The molecule has 0 spiro atoms. The van der Waals surface area contributed by atoms with Gasteiger partial charge in [-0.1, -0.05) is 109 Å². The first kappa shape index (κ1) is 27.9. The van der Waals surface area contributed by atoms with E-state index in [0.717, 1.165) is 72.2 Å². The SMILES string of the molecule is Cc1cccc(C)c1-c1nc(-c2ccccc2)nc(-n2c3ccccc3c3cc(-n4c(-c5ccccc5)nc5ccccc54)ccc32)n1. The molecule has 6 heteroatoms. The van der Waals surface area contributed by atoms with E-state index >= 15 is 0 Å². The van der Waals surface area contributed by atoms with Gasteiger partial charge in [0, 0.05) is 33.2 Å². The van der Waals surface area contributed by atoms with E-state index in [0.29, 0.717) is 17.6 Å². The molecule has 0 radical (unpaired) electrons. The Balaban J connectivity index is 1.32. The van der Waals surface area contributed by atoms with Crippen molar-refractivity contribution in [3.8, 4) is 45.8 Å². The molecule has 3 aromatic heterocycles. The van der Waals surface area contributed by atoms with Crippen molar-refractivity contribution >= 4 is 32.8 Å². The minimum Gasteiger partial charge on any atom is -0.292 e. The molecule has 0 atom stereocenters. The summed E-state index contributed by atoms with van der Waals surface area (Å²) in [7, 11) is 0. The molecule has 6 aromatic carbocycles. The average molecular weight is 619 g/mol. The van der Waals surface area contributed by atoms with Crippen LogP contribution < -0.4 is 0 Å². The zero-order valence-electron chi connectivity index (χ0n) is 26.5. The van der Waals surface area contributed by atoms with Gasteiger partial charge >= 0.3 is 0 Å². The summed E-state index contributed by atoms with van der Waals surface area (Å²) in [6, 6.07) is 50.2. The Labute approximate surface area is 277 Å². The summed E-state index contributed by atoms with van der Waals surface area (Å²) >= 11 is 0. The number of fused-ring (bicyclic) bond motifs is 4. The van der Waals surface area contributed by atoms with Gasteiger partial charge in [-0.15, -0.1) is 0 Å². The molecule has 0 bridgehead atoms. The molecule has 228 valence electrons. The van der Waals surface area contributed by atoms with E-state index in [1.54, 1.807) is 0 Å². The Morgan fingerprint density at radius 1 is 0.438 bits per heavy atom. The third kappa shape index (κ3) is 4.49. The van der Waals surface area contributed by atoms with E-state index in [2.05, 4.69) is 126 Å². The highest BCUT2D eigenvalue weighted by atomic mass is 15.2. The van der Waals surface area contributed by atoms with Crippen LogP contribution in [0.25, 0.3) is 78.6 Å². The number of benzene rings is 6. The van der Waals surface area contributed by atoms with E-state index in [9.17, 15) is 0 Å². The van der Waals surface area contributed by atoms with Gasteiger partial charge in [-0.3, -0.25) is 9.13 Å². The smallest absolute Gasteiger partial charge is 0.238 e. The van der Waals surface area contributed by atoms with E-state index in [-0.39, 0.29) is 0 Å². The number of aryl methyl sites for hydroxylation is 2. The predicted molar refractivity (Wildman–Crippen MR) is 195 cm³/mol. The lowest BCUT2D eigenvalue weighted by Gasteiger charge is -2.14. The van der Waals surface area contributed by atoms with Gasteiger partial charge in [0.1, 0.15) is 5.82 Å². The second kappa shape index (κ2) is 11.1. The van der Waals surface area contributed by atoms with Gasteiger partial charge in [0.2, 0.25) is 5.95 Å². The largest absolute Gasteiger partial charge is 0.292 e. The third-order valence-electron chi connectivity index (χ3n) is 9.07. The molecule has 48 heavy (non-hydrogen) atoms. The first-order valence-electron chi connectivity index (χ1n) is 16.1. The molecule has 0 unspecified atom stereocenters. The van der Waals surface area contributed by atoms with Crippen molar-refractivity contribution in [1.29, 1.82) is 0 Å². The summed E-state index contributed by atoms with van der Waals surface area (Å²) in [4.78, 5) is 20.4. The normalized spacial score (nSPS) is 11.5. The Hall–Kier alpha value is -6.40. The van der Waals surface area contributed by atoms with Gasteiger partial charge in [0.15, 0.2) is 11.6 Å². The molecule has 0 aliphatic heterocycles. The Morgan fingerprint density at radius 3 is 1.83 bits per heavy atom. The molecule has 0 saturated heterocycles. The summed E-state index contributed by atoms with van der Waals surface area (Å²) in [6.07, 6.45) is 0. The molecule has 0 N–H and O–H groups in total. The van der Waals surface area contributed by atoms with E-state index in [1.165, 1.54) is 0 Å². The van der Waals surface area contributed by atoms with Crippen LogP contribution in [0, 0.1) is 13.8 Å². The summed E-state index contributed by atoms with van der Waals surface area (Å²) in [5, 5.41) is 2.23. The Bertz CT molecular complexity index is 2610. The average Bonchev–Trinajstić information content (AvgIpc) is 3.68. The van der Waals surface area contributed by atoms with Gasteiger partial charge in [0.25, 0.3) is 0 Å². The van der Waals surface area contributed by atoms with Crippen LogP contribution in [0.1, 0.15) is 11.1 Å². The van der Waals surface area contributed by atoms with Gasteiger partial charge in [-0.05, 0) is 61.4 Å². The van der Waals surface area contributed by atoms with Crippen LogP contribution in [0.15, 0.2) is 146 Å². The van der Waals surface area contributed by atoms with Crippen molar-refractivity contribution in [3.05, 3.63) is 157 Å². The molecule has 3 heterocycles. The predicted octanol–water partition coefficient (Wildman–Crippen LogP) is 9.93. The number of hydrogen-bond donors (Lipinski definition) is 0. The van der Waals surface area contributed by atoms with Crippen LogP contribution in [-0.4, -0.2) is 29.1 Å². The topological polar surface area (TPSA) is 61.4 Å². The van der Waals surface area contributed by atoms with Gasteiger partial charge in [-0.25, -0.2) is 9.97 Å². The van der Waals surface area contributed by atoms with Crippen LogP contribution in [0.4, 0.5) is 0 Å². The van der Waals surface area contributed by atoms with E-state index < -0.39 is 0 Å². The monoisotopic (exact) mass is 618 g/mol. The minimum atomic E-state index is 0.582. The van der Waals surface area contributed by atoms with E-state index in [1.807, 2.05) is 42.5 Å². The minimum absolute atomic E-state index is 0.582. The quantitative estimate of drug-likeness (QED) is 0.193. The summed E-state index contributed by atoms with van der Waals surface area (Å²) in [6.45, 7) is 4.22. The second-order valence-electron chi connectivity index (χ2n) is 12.1. The first-order valence-corrected chi connectivity index (χ1v) is 16.1. The zero-order valence-corrected chi connectivity index (χ0v) is 26.5. The lowest BCUT2D eigenvalue weighted by Crippen LogP contribution is -2.07. The third-order valence-corrected chi connectivity index (χ3v) is 9.07. The van der Waals surface area contributed by atoms with Crippen LogP contribution in [-0.2, 0) is 0 Å². The lowest BCUT2D eigenvalue weighted by atomic mass is 10.0. The fourth-order valence-electron chi connectivity index (χ4n) is 6.84. The fraction of sp³-hybridized carbons (Fsp3) is 0.0476. The molecule has 0 saturated carbocycles. The van der Waals surface area contributed by atoms with Crippen molar-refractivity contribution in [2.75, 3.05) is 0 Å². The number of para-hydroxylation sites is 3. The number of imidazole rings is 1. The standard InChI is InChI=1S/C42H30N6/c1-27-14-13-15-28(2)38(27)40-44-39(29-16-5-3-6-17-29)45-42(46-40)48-35-22-11-9-20-32(35)33-26-31(24-25-36(33)48)47-37-23-12-10-21-34(37)43-41(47)30-18-7-4-8-19-30/h3-26H,1-2H3. The van der Waals surface area contributed by atoms with Crippen LogP contribution in [0.2, 0.25) is 0 Å². The zero-order chi connectivity index (χ0) is 32.2. The van der Waals surface area contributed by atoms with Crippen LogP contribution >= 0.6 is 0 Å². The maximum absolute atomic E-state index is 5.19. The second-order valence-corrected chi connectivity index (χ2v) is 12.1. The highest BCUT2D eigenvalue weighted by molar-refractivity contribution is 6.10. The summed E-state index contributed by atoms with van der Waals surface area (Å²) < 4.78 is 4.43. The van der Waals surface area contributed by atoms with Crippen LogP contribution in [0.5, 0.6) is 0 Å². The van der Waals surface area contributed by atoms with Gasteiger partial charge < -0.3 is 0 Å². The first-order chi connectivity index (χ1) is 23.6. The molecule has 9 rings (SSSR count). The van der Waals surface area contributed by atoms with Crippen molar-refractivity contribution < 1.29 is 0 Å². The van der Waals surface area contributed by atoms with Gasteiger partial charge in [-0.2, -0.15) is 9.97 Å². The number of nitrogens with zero attached hydrogens (tertiary/aromatic N) is 6. The van der Waals surface area contributed by atoms with Crippen molar-refractivity contribution in [3.63, 3.8) is 0 Å². The van der Waals surface area contributed by atoms with Gasteiger partial charge in [0.05, 0.1) is 22.1 Å². The summed E-state index contributed by atoms with van der Waals surface area (Å²) in [5.74, 6) is 2.79. The molecule has 0 aliphatic carbocycles. The maximum atomic E-state index is 5.19. The highest BCUT2D eigenvalue weighted by Gasteiger charge is 2.21. The molecular formula is C42H30N6.